The number of carbonyl (C=O) groups excluding carboxylic acids is 2. The highest BCUT2D eigenvalue weighted by molar-refractivity contribution is 5.81. The molecule has 1 atom stereocenters. The summed E-state index contributed by atoms with van der Waals surface area (Å²) in [7, 11) is 0. The third-order valence-electron chi connectivity index (χ3n) is 2.36. The Hall–Kier alpha value is -1.10. The number of carbonyl (C=O) groups is 2. The molecule has 0 saturated heterocycles. The van der Waals surface area contributed by atoms with Crippen molar-refractivity contribution in [3.05, 3.63) is 0 Å². The molecular weight excluding hydrogens is 218 g/mol. The lowest BCUT2D eigenvalue weighted by Crippen LogP contribution is -2.45. The SMILES string of the molecule is CC(=O)NCCNC(C)C(=O)NCCC(C)C. The molecule has 0 fully saturated rings. The maximum Gasteiger partial charge on any atom is 0.236 e. The molecule has 0 rings (SSSR count). The quantitative estimate of drug-likeness (QED) is 0.536. The van der Waals surface area contributed by atoms with Gasteiger partial charge in [-0.3, -0.25) is 9.59 Å². The van der Waals surface area contributed by atoms with Gasteiger partial charge in [-0.15, -0.1) is 0 Å². The normalized spacial score (nSPS) is 12.3. The zero-order valence-electron chi connectivity index (χ0n) is 11.3. The highest BCUT2D eigenvalue weighted by Crippen LogP contribution is 1.96. The summed E-state index contributed by atoms with van der Waals surface area (Å²) in [5.41, 5.74) is 0. The predicted molar refractivity (Wildman–Crippen MR) is 68.6 cm³/mol. The zero-order valence-corrected chi connectivity index (χ0v) is 11.3. The van der Waals surface area contributed by atoms with Crippen molar-refractivity contribution in [3.8, 4) is 0 Å². The summed E-state index contributed by atoms with van der Waals surface area (Å²) in [6, 6.07) is -0.226. The van der Waals surface area contributed by atoms with Crippen LogP contribution in [0, 0.1) is 5.92 Å². The Bertz CT molecular complexity index is 242. The maximum atomic E-state index is 11.6. The molecule has 0 saturated carbocycles. The van der Waals surface area contributed by atoms with Crippen LogP contribution in [0.2, 0.25) is 0 Å². The summed E-state index contributed by atoms with van der Waals surface area (Å²) >= 11 is 0. The van der Waals surface area contributed by atoms with Crippen LogP contribution in [0.5, 0.6) is 0 Å². The first-order chi connectivity index (χ1) is 7.93. The molecule has 0 aliphatic rings. The van der Waals surface area contributed by atoms with Crippen molar-refractivity contribution in [3.63, 3.8) is 0 Å². The third-order valence-corrected chi connectivity index (χ3v) is 2.36. The first kappa shape index (κ1) is 15.9. The van der Waals surface area contributed by atoms with Gasteiger partial charge in [-0.25, -0.2) is 0 Å². The van der Waals surface area contributed by atoms with E-state index in [1.165, 1.54) is 6.92 Å². The topological polar surface area (TPSA) is 70.2 Å². The minimum absolute atomic E-state index is 0.00785. The lowest BCUT2D eigenvalue weighted by atomic mass is 10.1. The number of rotatable bonds is 8. The molecule has 0 heterocycles. The van der Waals surface area contributed by atoms with Crippen molar-refractivity contribution in [2.45, 2.75) is 40.2 Å². The third kappa shape index (κ3) is 9.81. The summed E-state index contributed by atoms with van der Waals surface area (Å²) in [5, 5.41) is 8.59. The first-order valence-electron chi connectivity index (χ1n) is 6.19. The van der Waals surface area contributed by atoms with Crippen LogP contribution in [-0.2, 0) is 9.59 Å². The summed E-state index contributed by atoms with van der Waals surface area (Å²) in [6.07, 6.45) is 0.990. The van der Waals surface area contributed by atoms with Gasteiger partial charge in [0, 0.05) is 26.6 Å². The Labute approximate surface area is 104 Å². The molecule has 0 aromatic carbocycles. The monoisotopic (exact) mass is 243 g/mol. The predicted octanol–water partition coefficient (Wildman–Crippen LogP) is 0.263. The van der Waals surface area contributed by atoms with Crippen LogP contribution in [0.3, 0.4) is 0 Å². The van der Waals surface area contributed by atoms with Crippen molar-refractivity contribution < 1.29 is 9.59 Å². The molecule has 0 spiro atoms. The molecule has 100 valence electrons. The van der Waals surface area contributed by atoms with E-state index in [1.54, 1.807) is 0 Å². The smallest absolute Gasteiger partial charge is 0.236 e. The van der Waals surface area contributed by atoms with Crippen LogP contribution in [0.4, 0.5) is 0 Å². The fourth-order valence-electron chi connectivity index (χ4n) is 1.26. The van der Waals surface area contributed by atoms with Gasteiger partial charge in [-0.2, -0.15) is 0 Å². The van der Waals surface area contributed by atoms with Gasteiger partial charge in [0.15, 0.2) is 0 Å². The first-order valence-corrected chi connectivity index (χ1v) is 6.19. The molecule has 3 N–H and O–H groups in total. The van der Waals surface area contributed by atoms with Crippen LogP contribution in [0.25, 0.3) is 0 Å². The van der Waals surface area contributed by atoms with Crippen molar-refractivity contribution in [2.75, 3.05) is 19.6 Å². The number of nitrogens with one attached hydrogen (secondary N) is 3. The van der Waals surface area contributed by atoms with Crippen LogP contribution >= 0.6 is 0 Å². The van der Waals surface area contributed by atoms with E-state index in [4.69, 9.17) is 0 Å². The zero-order chi connectivity index (χ0) is 13.3. The largest absolute Gasteiger partial charge is 0.355 e. The molecule has 17 heavy (non-hydrogen) atoms. The molecular formula is C12H25N3O2. The minimum Gasteiger partial charge on any atom is -0.355 e. The lowest BCUT2D eigenvalue weighted by molar-refractivity contribution is -0.122. The number of hydrogen-bond donors (Lipinski definition) is 3. The summed E-state index contributed by atoms with van der Waals surface area (Å²) in [4.78, 5) is 22.2. The van der Waals surface area contributed by atoms with E-state index in [2.05, 4.69) is 29.8 Å². The Kier molecular flexibility index (Phi) is 8.40. The van der Waals surface area contributed by atoms with Gasteiger partial charge in [0.2, 0.25) is 11.8 Å². The standard InChI is InChI=1S/C12H25N3O2/c1-9(2)5-6-15-12(17)10(3)13-7-8-14-11(4)16/h9-10,13H,5-8H2,1-4H3,(H,14,16)(H,15,17). The average molecular weight is 243 g/mol. The molecule has 2 amide bonds. The van der Waals surface area contributed by atoms with Gasteiger partial charge >= 0.3 is 0 Å². The summed E-state index contributed by atoms with van der Waals surface area (Å²) in [5.74, 6) is 0.549. The molecule has 5 heteroatoms. The Morgan fingerprint density at radius 1 is 1.00 bits per heavy atom. The molecule has 0 radical (unpaired) electrons. The van der Waals surface area contributed by atoms with E-state index in [1.807, 2.05) is 6.92 Å². The Morgan fingerprint density at radius 2 is 1.65 bits per heavy atom. The van der Waals surface area contributed by atoms with Gasteiger partial charge in [0.25, 0.3) is 0 Å². The Balaban J connectivity index is 3.57. The molecule has 5 nitrogen and oxygen atoms in total. The molecule has 0 aliphatic carbocycles. The van der Waals surface area contributed by atoms with Crippen molar-refractivity contribution in [1.82, 2.24) is 16.0 Å². The Morgan fingerprint density at radius 3 is 2.18 bits per heavy atom. The fraction of sp³-hybridized carbons (Fsp3) is 0.833. The van der Waals surface area contributed by atoms with Gasteiger partial charge in [-0.1, -0.05) is 13.8 Å². The minimum atomic E-state index is -0.226. The van der Waals surface area contributed by atoms with E-state index < -0.39 is 0 Å². The van der Waals surface area contributed by atoms with Crippen molar-refractivity contribution in [2.24, 2.45) is 5.92 Å². The van der Waals surface area contributed by atoms with Gasteiger partial charge in [0.05, 0.1) is 6.04 Å². The average Bonchev–Trinajstić information content (AvgIpc) is 2.23. The second kappa shape index (κ2) is 8.98. The van der Waals surface area contributed by atoms with Crippen molar-refractivity contribution in [1.29, 1.82) is 0 Å². The molecule has 0 aromatic rings. The van der Waals surface area contributed by atoms with Crippen LogP contribution in [0.15, 0.2) is 0 Å². The van der Waals surface area contributed by atoms with E-state index in [0.29, 0.717) is 25.6 Å². The highest BCUT2D eigenvalue weighted by Gasteiger charge is 2.10. The van der Waals surface area contributed by atoms with Gasteiger partial charge < -0.3 is 16.0 Å². The lowest BCUT2D eigenvalue weighted by Gasteiger charge is -2.14. The molecule has 0 bridgehead atoms. The highest BCUT2D eigenvalue weighted by atomic mass is 16.2. The van der Waals surface area contributed by atoms with Gasteiger partial charge in [-0.05, 0) is 19.3 Å². The van der Waals surface area contributed by atoms with Crippen LogP contribution in [-0.4, -0.2) is 37.5 Å². The van der Waals surface area contributed by atoms with E-state index in [-0.39, 0.29) is 17.9 Å². The summed E-state index contributed by atoms with van der Waals surface area (Å²) in [6.45, 7) is 9.40. The van der Waals surface area contributed by atoms with Gasteiger partial charge in [0.1, 0.15) is 0 Å². The maximum absolute atomic E-state index is 11.6. The molecule has 0 aliphatic heterocycles. The van der Waals surface area contributed by atoms with E-state index in [0.717, 1.165) is 6.42 Å². The second-order valence-corrected chi connectivity index (χ2v) is 4.63. The van der Waals surface area contributed by atoms with Crippen LogP contribution in [0.1, 0.15) is 34.1 Å². The second-order valence-electron chi connectivity index (χ2n) is 4.63. The molecule has 0 aromatic heterocycles. The number of hydrogen-bond acceptors (Lipinski definition) is 3. The van der Waals surface area contributed by atoms with E-state index >= 15 is 0 Å². The van der Waals surface area contributed by atoms with Crippen LogP contribution < -0.4 is 16.0 Å². The van der Waals surface area contributed by atoms with E-state index in [9.17, 15) is 9.59 Å². The fourth-order valence-corrected chi connectivity index (χ4v) is 1.26. The number of amides is 2. The summed E-state index contributed by atoms with van der Waals surface area (Å²) < 4.78 is 0. The van der Waals surface area contributed by atoms with Crippen molar-refractivity contribution >= 4 is 11.8 Å². The molecule has 1 unspecified atom stereocenters.